The largest absolute Gasteiger partial charge is 0.358 e. The molecule has 14 heavy (non-hydrogen) atoms. The number of fused-ring (bicyclic) bond motifs is 1. The average Bonchev–Trinajstić information content (AvgIpc) is 2.18. The van der Waals surface area contributed by atoms with Gasteiger partial charge in [-0.05, 0) is 24.0 Å². The lowest BCUT2D eigenvalue weighted by atomic mass is 9.88. The number of anilines is 1. The second-order valence-electron chi connectivity index (χ2n) is 3.99. The van der Waals surface area contributed by atoms with E-state index in [0.717, 1.165) is 6.42 Å². The molecule has 2 atom stereocenters. The van der Waals surface area contributed by atoms with Crippen molar-refractivity contribution in [3.63, 3.8) is 0 Å². The zero-order valence-electron chi connectivity index (χ0n) is 8.57. The molecule has 0 radical (unpaired) electrons. The first-order chi connectivity index (χ1) is 6.74. The van der Waals surface area contributed by atoms with Gasteiger partial charge in [0.25, 0.3) is 0 Å². The van der Waals surface area contributed by atoms with Crippen molar-refractivity contribution >= 4 is 5.69 Å². The molecule has 1 aromatic rings. The van der Waals surface area contributed by atoms with Crippen LogP contribution in [-0.2, 0) is 6.42 Å². The molecule has 2 rings (SSSR count). The summed E-state index contributed by atoms with van der Waals surface area (Å²) in [7, 11) is 2.00. The monoisotopic (exact) mass is 186 g/mol. The Hall–Kier alpha value is -1.49. The van der Waals surface area contributed by atoms with Gasteiger partial charge in [0.1, 0.15) is 6.04 Å². The van der Waals surface area contributed by atoms with Crippen LogP contribution in [0.4, 0.5) is 5.69 Å². The number of benzene rings is 1. The van der Waals surface area contributed by atoms with E-state index in [9.17, 15) is 0 Å². The Labute approximate surface area is 84.8 Å². The second kappa shape index (κ2) is 3.34. The van der Waals surface area contributed by atoms with Crippen LogP contribution >= 0.6 is 0 Å². The van der Waals surface area contributed by atoms with Gasteiger partial charge in [0.15, 0.2) is 0 Å². The molecule has 0 spiro atoms. The summed E-state index contributed by atoms with van der Waals surface area (Å²) in [5.41, 5.74) is 2.56. The van der Waals surface area contributed by atoms with Gasteiger partial charge in [0.05, 0.1) is 6.07 Å². The lowest BCUT2D eigenvalue weighted by molar-refractivity contribution is 0.484. The van der Waals surface area contributed by atoms with E-state index < -0.39 is 0 Å². The van der Waals surface area contributed by atoms with E-state index >= 15 is 0 Å². The molecule has 1 aliphatic rings. The van der Waals surface area contributed by atoms with Crippen LogP contribution in [0.2, 0.25) is 0 Å². The molecule has 0 saturated heterocycles. The molecular formula is C12H14N2. The van der Waals surface area contributed by atoms with Gasteiger partial charge in [-0.2, -0.15) is 5.26 Å². The van der Waals surface area contributed by atoms with Gasteiger partial charge in [-0.3, -0.25) is 0 Å². The molecule has 2 heteroatoms. The summed E-state index contributed by atoms with van der Waals surface area (Å²) in [6.07, 6.45) is 1.01. The lowest BCUT2D eigenvalue weighted by Gasteiger charge is -2.36. The van der Waals surface area contributed by atoms with Crippen molar-refractivity contribution < 1.29 is 0 Å². The fourth-order valence-electron chi connectivity index (χ4n) is 2.23. The van der Waals surface area contributed by atoms with Crippen LogP contribution in [0, 0.1) is 17.2 Å². The second-order valence-corrected chi connectivity index (χ2v) is 3.99. The third kappa shape index (κ3) is 1.26. The van der Waals surface area contributed by atoms with Crippen LogP contribution in [0.25, 0.3) is 0 Å². The van der Waals surface area contributed by atoms with Gasteiger partial charge in [-0.15, -0.1) is 0 Å². The zero-order valence-corrected chi connectivity index (χ0v) is 8.57. The Morgan fingerprint density at radius 3 is 2.86 bits per heavy atom. The Balaban J connectivity index is 2.44. The highest BCUT2D eigenvalue weighted by Crippen LogP contribution is 2.31. The molecule has 0 bridgehead atoms. The lowest BCUT2D eigenvalue weighted by Crippen LogP contribution is -2.40. The predicted octanol–water partition coefficient (Wildman–Crippen LogP) is 2.21. The molecule has 2 nitrogen and oxygen atoms in total. The van der Waals surface area contributed by atoms with Crippen LogP contribution in [0.15, 0.2) is 24.3 Å². The number of hydrogen-bond acceptors (Lipinski definition) is 2. The van der Waals surface area contributed by atoms with Crippen LogP contribution in [0.1, 0.15) is 12.5 Å². The molecule has 1 aromatic carbocycles. The summed E-state index contributed by atoms with van der Waals surface area (Å²) in [6.45, 7) is 2.14. The topological polar surface area (TPSA) is 27.0 Å². The van der Waals surface area contributed by atoms with Crippen molar-refractivity contribution in [2.75, 3.05) is 11.9 Å². The number of rotatable bonds is 0. The van der Waals surface area contributed by atoms with Crippen LogP contribution in [-0.4, -0.2) is 13.1 Å². The number of nitrogens with zero attached hydrogens (tertiary/aromatic N) is 2. The molecule has 0 aliphatic carbocycles. The fraction of sp³-hybridized carbons (Fsp3) is 0.417. The first-order valence-corrected chi connectivity index (χ1v) is 4.94. The van der Waals surface area contributed by atoms with Crippen LogP contribution in [0.3, 0.4) is 0 Å². The van der Waals surface area contributed by atoms with E-state index in [2.05, 4.69) is 36.1 Å². The van der Waals surface area contributed by atoms with Gasteiger partial charge in [0, 0.05) is 12.7 Å². The summed E-state index contributed by atoms with van der Waals surface area (Å²) in [5, 5.41) is 9.07. The fourth-order valence-corrected chi connectivity index (χ4v) is 2.23. The SMILES string of the molecule is C[C@H]1Cc2ccccc2N(C)[C@H]1C#N. The van der Waals surface area contributed by atoms with Gasteiger partial charge in [-0.1, -0.05) is 25.1 Å². The molecule has 0 aromatic heterocycles. The minimum Gasteiger partial charge on any atom is -0.358 e. The van der Waals surface area contributed by atoms with Gasteiger partial charge in [0.2, 0.25) is 0 Å². The van der Waals surface area contributed by atoms with Crippen LogP contribution < -0.4 is 4.90 Å². The van der Waals surface area contributed by atoms with Crippen LogP contribution in [0.5, 0.6) is 0 Å². The number of hydrogen-bond donors (Lipinski definition) is 0. The molecule has 72 valence electrons. The number of para-hydroxylation sites is 1. The zero-order chi connectivity index (χ0) is 10.1. The molecule has 0 fully saturated rings. The Bertz CT molecular complexity index is 378. The van der Waals surface area contributed by atoms with Crippen molar-refractivity contribution in [1.29, 1.82) is 5.26 Å². The predicted molar refractivity (Wildman–Crippen MR) is 57.1 cm³/mol. The Morgan fingerprint density at radius 1 is 1.43 bits per heavy atom. The highest BCUT2D eigenvalue weighted by molar-refractivity contribution is 5.57. The van der Waals surface area contributed by atoms with E-state index in [1.807, 2.05) is 13.1 Å². The average molecular weight is 186 g/mol. The molecule has 0 saturated carbocycles. The smallest absolute Gasteiger partial charge is 0.119 e. The summed E-state index contributed by atoms with van der Waals surface area (Å²) in [4.78, 5) is 2.09. The van der Waals surface area contributed by atoms with Crippen molar-refractivity contribution in [3.8, 4) is 6.07 Å². The summed E-state index contributed by atoms with van der Waals surface area (Å²) in [5.74, 6) is 0.417. The maximum atomic E-state index is 9.07. The van der Waals surface area contributed by atoms with Crippen molar-refractivity contribution in [1.82, 2.24) is 0 Å². The normalized spacial score (nSPS) is 25.4. The third-order valence-corrected chi connectivity index (χ3v) is 3.00. The van der Waals surface area contributed by atoms with E-state index in [1.165, 1.54) is 11.3 Å². The Kier molecular flexibility index (Phi) is 2.17. The van der Waals surface area contributed by atoms with E-state index in [-0.39, 0.29) is 6.04 Å². The summed E-state index contributed by atoms with van der Waals surface area (Å²) < 4.78 is 0. The first-order valence-electron chi connectivity index (χ1n) is 4.94. The molecule has 0 N–H and O–H groups in total. The first kappa shape index (κ1) is 9.08. The maximum absolute atomic E-state index is 9.07. The van der Waals surface area contributed by atoms with Crippen molar-refractivity contribution in [3.05, 3.63) is 29.8 Å². The third-order valence-electron chi connectivity index (χ3n) is 3.00. The molecule has 1 aliphatic heterocycles. The van der Waals surface area contributed by atoms with Gasteiger partial charge >= 0.3 is 0 Å². The minimum absolute atomic E-state index is 0.0184. The molecule has 1 heterocycles. The van der Waals surface area contributed by atoms with Gasteiger partial charge in [-0.25, -0.2) is 0 Å². The summed E-state index contributed by atoms with van der Waals surface area (Å²) >= 11 is 0. The molecule has 0 amide bonds. The highest BCUT2D eigenvalue weighted by atomic mass is 15.1. The highest BCUT2D eigenvalue weighted by Gasteiger charge is 2.28. The standard InChI is InChI=1S/C12H14N2/c1-9-7-10-5-3-4-6-11(10)14(2)12(9)8-13/h3-6,9,12H,7H2,1-2H3/t9-,12-/m0/s1. The van der Waals surface area contributed by atoms with E-state index in [4.69, 9.17) is 5.26 Å². The number of nitriles is 1. The Morgan fingerprint density at radius 2 is 2.14 bits per heavy atom. The minimum atomic E-state index is 0.0184. The van der Waals surface area contributed by atoms with Crippen molar-refractivity contribution in [2.24, 2.45) is 5.92 Å². The van der Waals surface area contributed by atoms with E-state index in [0.29, 0.717) is 5.92 Å². The molecular weight excluding hydrogens is 172 g/mol. The molecule has 0 unspecified atom stereocenters. The van der Waals surface area contributed by atoms with Crippen molar-refractivity contribution in [2.45, 2.75) is 19.4 Å². The van der Waals surface area contributed by atoms with E-state index in [1.54, 1.807) is 0 Å². The quantitative estimate of drug-likeness (QED) is 0.621. The summed E-state index contributed by atoms with van der Waals surface area (Å²) in [6, 6.07) is 10.7. The van der Waals surface area contributed by atoms with Gasteiger partial charge < -0.3 is 4.90 Å². The maximum Gasteiger partial charge on any atom is 0.119 e.